The highest BCUT2D eigenvalue weighted by Gasteiger charge is 2.27. The fraction of sp³-hybridized carbons (Fsp3) is 0.727. The van der Waals surface area contributed by atoms with Crippen molar-refractivity contribution in [3.05, 3.63) is 17.0 Å². The van der Waals surface area contributed by atoms with Crippen molar-refractivity contribution in [3.63, 3.8) is 0 Å². The van der Waals surface area contributed by atoms with E-state index in [2.05, 4.69) is 15.5 Å². The Morgan fingerprint density at radius 2 is 2.24 bits per heavy atom. The normalized spacial score (nSPS) is 23.1. The number of hydrogen-bond acceptors (Lipinski definition) is 4. The third-order valence-corrected chi connectivity index (χ3v) is 5.18. The summed E-state index contributed by atoms with van der Waals surface area (Å²) in [6, 6.07) is 0. The van der Waals surface area contributed by atoms with Gasteiger partial charge in [-0.1, -0.05) is 0 Å². The summed E-state index contributed by atoms with van der Waals surface area (Å²) in [5.41, 5.74) is 3.27. The third-order valence-electron chi connectivity index (χ3n) is 3.34. The van der Waals surface area contributed by atoms with Gasteiger partial charge in [-0.2, -0.15) is 5.10 Å². The maximum atomic E-state index is 11.3. The number of aromatic nitrogens is 2. The van der Waals surface area contributed by atoms with Crippen molar-refractivity contribution in [1.29, 1.82) is 0 Å². The maximum Gasteiger partial charge on any atom is 0.150 e. The highest BCUT2D eigenvalue weighted by atomic mass is 32.2. The summed E-state index contributed by atoms with van der Waals surface area (Å²) in [7, 11) is -2.75. The van der Waals surface area contributed by atoms with Crippen LogP contribution in [-0.4, -0.2) is 36.7 Å². The minimum Gasteiger partial charge on any atom is -0.312 e. The highest BCUT2D eigenvalue weighted by Crippen LogP contribution is 2.17. The van der Waals surface area contributed by atoms with Crippen molar-refractivity contribution in [2.45, 2.75) is 26.8 Å². The Labute approximate surface area is 102 Å². The number of H-pyrrole nitrogens is 1. The molecule has 6 heteroatoms. The minimum atomic E-state index is -2.75. The number of nitrogens with zero attached hydrogens (tertiary/aromatic N) is 1. The van der Waals surface area contributed by atoms with Crippen molar-refractivity contribution >= 4 is 9.84 Å². The molecule has 2 N–H and O–H groups in total. The second kappa shape index (κ2) is 4.78. The SMILES string of the molecule is Cc1n[nH]c(C)c1CNCC1CCS(=O)(=O)C1. The van der Waals surface area contributed by atoms with Gasteiger partial charge in [0.05, 0.1) is 17.2 Å². The van der Waals surface area contributed by atoms with E-state index in [1.165, 1.54) is 5.56 Å². The van der Waals surface area contributed by atoms with E-state index < -0.39 is 9.84 Å². The van der Waals surface area contributed by atoms with Crippen LogP contribution < -0.4 is 5.32 Å². The number of nitrogens with one attached hydrogen (secondary N) is 2. The van der Waals surface area contributed by atoms with Gasteiger partial charge >= 0.3 is 0 Å². The van der Waals surface area contributed by atoms with Gasteiger partial charge < -0.3 is 5.32 Å². The van der Waals surface area contributed by atoms with Crippen LogP contribution in [-0.2, 0) is 16.4 Å². The lowest BCUT2D eigenvalue weighted by Gasteiger charge is -2.09. The molecule has 17 heavy (non-hydrogen) atoms. The van der Waals surface area contributed by atoms with Crippen molar-refractivity contribution < 1.29 is 8.42 Å². The fourth-order valence-electron chi connectivity index (χ4n) is 2.27. The van der Waals surface area contributed by atoms with Crippen LogP contribution in [0.4, 0.5) is 0 Å². The van der Waals surface area contributed by atoms with Crippen molar-refractivity contribution in [2.24, 2.45) is 5.92 Å². The molecule has 0 saturated carbocycles. The summed E-state index contributed by atoms with van der Waals surface area (Å²) in [6.07, 6.45) is 0.790. The average Bonchev–Trinajstić information content (AvgIpc) is 2.74. The zero-order valence-electron chi connectivity index (χ0n) is 10.3. The Morgan fingerprint density at radius 3 is 2.76 bits per heavy atom. The molecule has 96 valence electrons. The van der Waals surface area contributed by atoms with Crippen LogP contribution >= 0.6 is 0 Å². The summed E-state index contributed by atoms with van der Waals surface area (Å²) in [5.74, 6) is 0.958. The molecule has 1 unspecified atom stereocenters. The second-order valence-electron chi connectivity index (χ2n) is 4.81. The number of aromatic amines is 1. The lowest BCUT2D eigenvalue weighted by molar-refractivity contribution is 0.520. The van der Waals surface area contributed by atoms with Crippen molar-refractivity contribution in [1.82, 2.24) is 15.5 Å². The highest BCUT2D eigenvalue weighted by molar-refractivity contribution is 7.91. The Hall–Kier alpha value is -0.880. The van der Waals surface area contributed by atoms with Gasteiger partial charge in [0.25, 0.3) is 0 Å². The van der Waals surface area contributed by atoms with Gasteiger partial charge in [-0.05, 0) is 32.7 Å². The zero-order valence-corrected chi connectivity index (χ0v) is 11.1. The van der Waals surface area contributed by atoms with Crippen LogP contribution in [0.5, 0.6) is 0 Å². The lowest BCUT2D eigenvalue weighted by Crippen LogP contribution is -2.23. The molecular weight excluding hydrogens is 238 g/mol. The summed E-state index contributed by atoms with van der Waals surface area (Å²) in [4.78, 5) is 0. The number of aryl methyl sites for hydroxylation is 2. The molecule has 2 heterocycles. The summed E-state index contributed by atoms with van der Waals surface area (Å²) in [5, 5.41) is 10.4. The van der Waals surface area contributed by atoms with Crippen LogP contribution in [0.25, 0.3) is 0 Å². The number of sulfone groups is 1. The number of rotatable bonds is 4. The first kappa shape index (κ1) is 12.6. The molecule has 0 radical (unpaired) electrons. The molecule has 1 aromatic heterocycles. The van der Waals surface area contributed by atoms with E-state index in [-0.39, 0.29) is 5.92 Å². The first-order chi connectivity index (χ1) is 7.98. The lowest BCUT2D eigenvalue weighted by atomic mass is 10.1. The molecule has 5 nitrogen and oxygen atoms in total. The predicted molar refractivity (Wildman–Crippen MR) is 66.5 cm³/mol. The van der Waals surface area contributed by atoms with E-state index in [1.54, 1.807) is 0 Å². The van der Waals surface area contributed by atoms with Crippen LogP contribution in [0.1, 0.15) is 23.4 Å². The maximum absolute atomic E-state index is 11.3. The van der Waals surface area contributed by atoms with E-state index in [9.17, 15) is 8.42 Å². The fourth-order valence-corrected chi connectivity index (χ4v) is 4.13. The Morgan fingerprint density at radius 1 is 1.47 bits per heavy atom. The van der Waals surface area contributed by atoms with E-state index in [4.69, 9.17) is 0 Å². The van der Waals surface area contributed by atoms with Crippen molar-refractivity contribution in [2.75, 3.05) is 18.1 Å². The van der Waals surface area contributed by atoms with Gasteiger partial charge in [-0.25, -0.2) is 8.42 Å². The summed E-state index contributed by atoms with van der Waals surface area (Å²) < 4.78 is 22.6. The molecule has 0 spiro atoms. The van der Waals surface area contributed by atoms with E-state index in [1.807, 2.05) is 13.8 Å². The molecule has 1 aliphatic rings. The number of hydrogen-bond donors (Lipinski definition) is 2. The summed E-state index contributed by atoms with van der Waals surface area (Å²) >= 11 is 0. The molecule has 0 aliphatic carbocycles. The van der Waals surface area contributed by atoms with Crippen LogP contribution in [0.3, 0.4) is 0 Å². The summed E-state index contributed by atoms with van der Waals surface area (Å²) in [6.45, 7) is 5.49. The van der Waals surface area contributed by atoms with Gasteiger partial charge in [0.2, 0.25) is 0 Å². The van der Waals surface area contributed by atoms with Gasteiger partial charge in [-0.15, -0.1) is 0 Å². The van der Waals surface area contributed by atoms with Gasteiger partial charge in [0, 0.05) is 17.8 Å². The smallest absolute Gasteiger partial charge is 0.150 e. The van der Waals surface area contributed by atoms with Gasteiger partial charge in [0.1, 0.15) is 0 Å². The van der Waals surface area contributed by atoms with Crippen LogP contribution in [0, 0.1) is 19.8 Å². The topological polar surface area (TPSA) is 74.8 Å². The molecule has 0 bridgehead atoms. The van der Waals surface area contributed by atoms with Gasteiger partial charge in [0.15, 0.2) is 9.84 Å². The zero-order chi connectivity index (χ0) is 12.5. The third kappa shape index (κ3) is 3.07. The van der Waals surface area contributed by atoms with E-state index in [0.29, 0.717) is 11.5 Å². The van der Waals surface area contributed by atoms with Gasteiger partial charge in [-0.3, -0.25) is 5.10 Å². The molecule has 1 saturated heterocycles. The largest absolute Gasteiger partial charge is 0.312 e. The first-order valence-electron chi connectivity index (χ1n) is 5.89. The molecule has 0 aromatic carbocycles. The minimum absolute atomic E-state index is 0.271. The van der Waals surface area contributed by atoms with Crippen LogP contribution in [0.15, 0.2) is 0 Å². The van der Waals surface area contributed by atoms with E-state index in [0.717, 1.165) is 30.9 Å². The molecule has 2 rings (SSSR count). The standard InChI is InChI=1S/C11H19N3O2S/c1-8-11(9(2)14-13-8)6-12-5-10-3-4-17(15,16)7-10/h10,12H,3-7H2,1-2H3,(H,13,14). The molecule has 1 aliphatic heterocycles. The Balaban J connectivity index is 1.81. The molecule has 1 fully saturated rings. The first-order valence-corrected chi connectivity index (χ1v) is 7.71. The molecule has 0 amide bonds. The Kier molecular flexibility index (Phi) is 3.53. The molecule has 1 atom stereocenters. The predicted octanol–water partition coefficient (Wildman–Crippen LogP) is 0.551. The molecule has 1 aromatic rings. The average molecular weight is 257 g/mol. The van der Waals surface area contributed by atoms with E-state index >= 15 is 0 Å². The Bertz CT molecular complexity index is 473. The van der Waals surface area contributed by atoms with Crippen molar-refractivity contribution in [3.8, 4) is 0 Å². The monoisotopic (exact) mass is 257 g/mol. The quantitative estimate of drug-likeness (QED) is 0.826. The van der Waals surface area contributed by atoms with Crippen LogP contribution in [0.2, 0.25) is 0 Å². The molecular formula is C11H19N3O2S. The second-order valence-corrected chi connectivity index (χ2v) is 7.04.